The van der Waals surface area contributed by atoms with Crippen molar-refractivity contribution in [1.29, 1.82) is 0 Å². The van der Waals surface area contributed by atoms with Crippen molar-refractivity contribution in [2.45, 2.75) is 30.4 Å². The number of carbonyl (C=O) groups is 2. The van der Waals surface area contributed by atoms with Gasteiger partial charge in [0.2, 0.25) is 5.91 Å². The van der Waals surface area contributed by atoms with Crippen LogP contribution in [0.1, 0.15) is 29.3 Å². The summed E-state index contributed by atoms with van der Waals surface area (Å²) in [4.78, 5) is 36.4. The maximum Gasteiger partial charge on any atom is 0.269 e. The molecule has 0 saturated carbocycles. The zero-order valence-corrected chi connectivity index (χ0v) is 19.6. The minimum Gasteiger partial charge on any atom is -0.325 e. The second-order valence-corrected chi connectivity index (χ2v) is 8.89. The monoisotopic (exact) mass is 483 g/mol. The molecule has 0 saturated heterocycles. The summed E-state index contributed by atoms with van der Waals surface area (Å²) < 4.78 is 0. The Morgan fingerprint density at radius 1 is 1.06 bits per heavy atom. The predicted molar refractivity (Wildman–Crippen MR) is 132 cm³/mol. The number of rotatable bonds is 8. The normalized spacial score (nSPS) is 11.5. The molecule has 0 aliphatic carbocycles. The molecule has 0 fully saturated rings. The maximum absolute atomic E-state index is 12.8. The van der Waals surface area contributed by atoms with Crippen molar-refractivity contribution in [3.05, 3.63) is 93.0 Å². The lowest BCUT2D eigenvalue weighted by Crippen LogP contribution is -2.25. The van der Waals surface area contributed by atoms with E-state index >= 15 is 0 Å². The average molecular weight is 484 g/mol. The van der Waals surface area contributed by atoms with Gasteiger partial charge in [0.15, 0.2) is 0 Å². The van der Waals surface area contributed by atoms with Crippen molar-refractivity contribution in [2.24, 2.45) is 0 Å². The van der Waals surface area contributed by atoms with Crippen LogP contribution in [0.4, 0.5) is 17.1 Å². The molecular formula is C24H22ClN3O4S. The molecule has 1 atom stereocenters. The molecule has 0 spiro atoms. The van der Waals surface area contributed by atoms with Crippen LogP contribution < -0.4 is 10.6 Å². The van der Waals surface area contributed by atoms with Gasteiger partial charge in [-0.25, -0.2) is 0 Å². The number of nitro benzene ring substituents is 1. The highest BCUT2D eigenvalue weighted by molar-refractivity contribution is 8.00. The van der Waals surface area contributed by atoms with Gasteiger partial charge in [-0.2, -0.15) is 0 Å². The second kappa shape index (κ2) is 11.0. The topological polar surface area (TPSA) is 101 Å². The van der Waals surface area contributed by atoms with E-state index in [1.807, 2.05) is 26.0 Å². The van der Waals surface area contributed by atoms with Crippen LogP contribution >= 0.6 is 23.4 Å². The fraction of sp³-hybridized carbons (Fsp3) is 0.167. The van der Waals surface area contributed by atoms with Crippen molar-refractivity contribution in [3.63, 3.8) is 0 Å². The molecule has 0 radical (unpaired) electrons. The molecule has 1 unspecified atom stereocenters. The number of amides is 2. The molecule has 3 rings (SSSR count). The number of nitro groups is 1. The van der Waals surface area contributed by atoms with E-state index in [1.165, 1.54) is 36.0 Å². The van der Waals surface area contributed by atoms with Crippen molar-refractivity contribution in [3.8, 4) is 0 Å². The van der Waals surface area contributed by atoms with Crippen LogP contribution in [0.15, 0.2) is 71.6 Å². The molecule has 33 heavy (non-hydrogen) atoms. The van der Waals surface area contributed by atoms with E-state index in [1.54, 1.807) is 30.3 Å². The number of anilines is 2. The van der Waals surface area contributed by atoms with Crippen LogP contribution in [0, 0.1) is 17.0 Å². The van der Waals surface area contributed by atoms with Crippen LogP contribution in [0.3, 0.4) is 0 Å². The molecule has 0 bridgehead atoms. The third kappa shape index (κ3) is 6.34. The number of carbonyl (C=O) groups excluding carboxylic acids is 2. The molecule has 0 aliphatic rings. The van der Waals surface area contributed by atoms with Crippen LogP contribution in [0.5, 0.6) is 0 Å². The van der Waals surface area contributed by atoms with Gasteiger partial charge in [0.05, 0.1) is 10.2 Å². The lowest BCUT2D eigenvalue weighted by atomic mass is 10.2. The zero-order valence-electron chi connectivity index (χ0n) is 18.0. The molecule has 2 amide bonds. The van der Waals surface area contributed by atoms with Gasteiger partial charge in [-0.3, -0.25) is 19.7 Å². The maximum atomic E-state index is 12.8. The van der Waals surface area contributed by atoms with E-state index in [4.69, 9.17) is 11.6 Å². The third-order valence-corrected chi connectivity index (χ3v) is 6.67. The lowest BCUT2D eigenvalue weighted by molar-refractivity contribution is -0.384. The van der Waals surface area contributed by atoms with Gasteiger partial charge in [-0.1, -0.05) is 30.7 Å². The Hall–Kier alpha value is -3.36. The van der Waals surface area contributed by atoms with E-state index in [9.17, 15) is 19.7 Å². The Morgan fingerprint density at radius 2 is 1.76 bits per heavy atom. The zero-order chi connectivity index (χ0) is 24.0. The third-order valence-electron chi connectivity index (χ3n) is 4.90. The largest absolute Gasteiger partial charge is 0.325 e. The summed E-state index contributed by atoms with van der Waals surface area (Å²) in [6, 6.07) is 17.9. The van der Waals surface area contributed by atoms with Gasteiger partial charge in [0.25, 0.3) is 11.6 Å². The van der Waals surface area contributed by atoms with Crippen LogP contribution in [0.25, 0.3) is 0 Å². The van der Waals surface area contributed by atoms with E-state index in [0.717, 1.165) is 10.5 Å². The number of halogens is 1. The summed E-state index contributed by atoms with van der Waals surface area (Å²) in [7, 11) is 0. The first-order valence-electron chi connectivity index (χ1n) is 10.2. The van der Waals surface area contributed by atoms with Crippen molar-refractivity contribution < 1.29 is 14.5 Å². The highest BCUT2D eigenvalue weighted by Gasteiger charge is 2.19. The molecule has 0 aromatic heterocycles. The Labute approximate surface area is 200 Å². The minimum atomic E-state index is -0.517. The Kier molecular flexibility index (Phi) is 8.08. The molecule has 170 valence electrons. The van der Waals surface area contributed by atoms with Crippen LogP contribution in [-0.4, -0.2) is 22.0 Å². The van der Waals surface area contributed by atoms with Gasteiger partial charge in [-0.15, -0.1) is 11.8 Å². The fourth-order valence-corrected chi connectivity index (χ4v) is 4.22. The lowest BCUT2D eigenvalue weighted by Gasteiger charge is -2.17. The molecule has 2 N–H and O–H groups in total. The summed E-state index contributed by atoms with van der Waals surface area (Å²) in [6.45, 7) is 3.78. The van der Waals surface area contributed by atoms with Gasteiger partial charge in [-0.05, 0) is 61.4 Å². The van der Waals surface area contributed by atoms with Crippen LogP contribution in [0.2, 0.25) is 5.02 Å². The molecular weight excluding hydrogens is 462 g/mol. The molecule has 7 nitrogen and oxygen atoms in total. The van der Waals surface area contributed by atoms with E-state index in [2.05, 4.69) is 10.6 Å². The molecule has 0 heterocycles. The first-order valence-corrected chi connectivity index (χ1v) is 11.4. The fourth-order valence-electron chi connectivity index (χ4n) is 3.03. The van der Waals surface area contributed by atoms with E-state index < -0.39 is 4.92 Å². The number of nitrogens with zero attached hydrogens (tertiary/aromatic N) is 1. The Balaban J connectivity index is 1.67. The number of hydrogen-bond donors (Lipinski definition) is 2. The smallest absolute Gasteiger partial charge is 0.269 e. The number of thioether (sulfide) groups is 1. The number of non-ortho nitro benzene ring substituents is 1. The van der Waals surface area contributed by atoms with Crippen LogP contribution in [-0.2, 0) is 4.79 Å². The highest BCUT2D eigenvalue weighted by Crippen LogP contribution is 2.30. The van der Waals surface area contributed by atoms with E-state index in [-0.39, 0.29) is 22.8 Å². The Morgan fingerprint density at radius 3 is 2.42 bits per heavy atom. The van der Waals surface area contributed by atoms with Gasteiger partial charge >= 0.3 is 0 Å². The van der Waals surface area contributed by atoms with Gasteiger partial charge in [0.1, 0.15) is 0 Å². The summed E-state index contributed by atoms with van der Waals surface area (Å²) >= 11 is 7.54. The minimum absolute atomic E-state index is 0.0817. The first kappa shape index (κ1) is 24.3. The number of benzene rings is 3. The standard InChI is InChI=1S/C24H22ClN3O4S/c1-3-22(24(30)27-21-9-5-8-20(25)15(21)2)33-19-7-4-6-17(14-19)26-23(29)16-10-12-18(13-11-16)28(31)32/h4-14,22H,3H2,1-2H3,(H,26,29)(H,27,30). The molecule has 9 heteroatoms. The summed E-state index contributed by atoms with van der Waals surface area (Å²) in [6.07, 6.45) is 0.607. The summed E-state index contributed by atoms with van der Waals surface area (Å²) in [5.74, 6) is -0.513. The van der Waals surface area contributed by atoms with E-state index in [0.29, 0.717) is 28.4 Å². The predicted octanol–water partition coefficient (Wildman–Crippen LogP) is 6.32. The van der Waals surface area contributed by atoms with Crippen molar-refractivity contribution in [1.82, 2.24) is 0 Å². The Bertz CT molecular complexity index is 1180. The van der Waals surface area contributed by atoms with Gasteiger partial charge in [0, 0.05) is 39.0 Å². The second-order valence-electron chi connectivity index (χ2n) is 7.20. The average Bonchev–Trinajstić information content (AvgIpc) is 2.80. The summed E-state index contributed by atoms with van der Waals surface area (Å²) in [5.41, 5.74) is 2.27. The quantitative estimate of drug-likeness (QED) is 0.222. The van der Waals surface area contributed by atoms with Crippen molar-refractivity contribution >= 4 is 52.2 Å². The number of hydrogen-bond acceptors (Lipinski definition) is 5. The summed E-state index contributed by atoms with van der Waals surface area (Å²) in [5, 5.41) is 16.7. The number of nitrogens with one attached hydrogen (secondary N) is 2. The molecule has 3 aromatic rings. The first-order chi connectivity index (χ1) is 15.8. The molecule has 3 aromatic carbocycles. The van der Waals surface area contributed by atoms with Crippen molar-refractivity contribution in [2.75, 3.05) is 10.6 Å². The molecule has 0 aliphatic heterocycles. The van der Waals surface area contributed by atoms with Gasteiger partial charge < -0.3 is 10.6 Å². The SMILES string of the molecule is CCC(Sc1cccc(NC(=O)c2ccc([N+](=O)[O-])cc2)c1)C(=O)Nc1cccc(Cl)c1C. The highest BCUT2D eigenvalue weighted by atomic mass is 35.5.